The molecule has 4 rings (SSSR count). The van der Waals surface area contributed by atoms with Crippen molar-refractivity contribution in [2.45, 2.75) is 13.3 Å². The van der Waals surface area contributed by atoms with Gasteiger partial charge in [0.1, 0.15) is 0 Å². The number of amides is 1. The van der Waals surface area contributed by atoms with Gasteiger partial charge in [0.05, 0.1) is 23.8 Å². The van der Waals surface area contributed by atoms with Gasteiger partial charge in [0.15, 0.2) is 22.4 Å². The molecule has 1 aliphatic heterocycles. The summed E-state index contributed by atoms with van der Waals surface area (Å²) in [6.07, 6.45) is 0.797. The number of ketones is 1. The Morgan fingerprint density at radius 3 is 2.54 bits per heavy atom. The molecule has 0 spiro atoms. The number of nitrogens with one attached hydrogen (secondary N) is 1. The number of fused-ring (bicyclic) bond motifs is 1. The summed E-state index contributed by atoms with van der Waals surface area (Å²) < 4.78 is 11.2. The normalized spacial score (nSPS) is 12.9. The largest absolute Gasteiger partial charge is 0.490 e. The molecule has 2 aromatic carbocycles. The van der Waals surface area contributed by atoms with Crippen LogP contribution < -0.4 is 14.8 Å². The zero-order chi connectivity index (χ0) is 19.5. The summed E-state index contributed by atoms with van der Waals surface area (Å²) in [4.78, 5) is 29.7. The van der Waals surface area contributed by atoms with E-state index in [1.807, 2.05) is 30.3 Å². The van der Waals surface area contributed by atoms with E-state index in [0.717, 1.165) is 12.0 Å². The molecule has 0 aliphatic carbocycles. The average Bonchev–Trinajstić information content (AvgIpc) is 2.98. The van der Waals surface area contributed by atoms with E-state index >= 15 is 0 Å². The zero-order valence-corrected chi connectivity index (χ0v) is 16.0. The Hall–Kier alpha value is -3.19. The van der Waals surface area contributed by atoms with Crippen molar-refractivity contribution in [3.8, 4) is 22.8 Å². The van der Waals surface area contributed by atoms with Crippen LogP contribution in [0, 0.1) is 0 Å². The van der Waals surface area contributed by atoms with E-state index in [1.165, 1.54) is 18.3 Å². The average molecular weight is 394 g/mol. The minimum atomic E-state index is -0.320. The maximum absolute atomic E-state index is 12.7. The molecule has 0 atom stereocenters. The van der Waals surface area contributed by atoms with E-state index in [1.54, 1.807) is 18.2 Å². The molecule has 142 valence electrons. The smallest absolute Gasteiger partial charge is 0.257 e. The molecule has 0 saturated heterocycles. The minimum Gasteiger partial charge on any atom is -0.490 e. The molecule has 2 heterocycles. The number of aromatic nitrogens is 1. The summed E-state index contributed by atoms with van der Waals surface area (Å²) in [6.45, 7) is 2.63. The van der Waals surface area contributed by atoms with Crippen molar-refractivity contribution in [1.29, 1.82) is 0 Å². The third-order valence-electron chi connectivity index (χ3n) is 4.22. The molecule has 0 fully saturated rings. The Labute approximate surface area is 166 Å². The Kier molecular flexibility index (Phi) is 5.08. The fraction of sp³-hybridized carbons (Fsp3) is 0.190. The van der Waals surface area contributed by atoms with Crippen molar-refractivity contribution in [3.63, 3.8) is 0 Å². The van der Waals surface area contributed by atoms with Gasteiger partial charge in [0.25, 0.3) is 5.91 Å². The second kappa shape index (κ2) is 7.82. The number of nitrogens with zero attached hydrogens (tertiary/aromatic N) is 1. The number of hydrogen-bond donors (Lipinski definition) is 1. The van der Waals surface area contributed by atoms with Crippen LogP contribution >= 0.6 is 11.3 Å². The minimum absolute atomic E-state index is 0.0903. The summed E-state index contributed by atoms with van der Waals surface area (Å²) >= 11 is 1.17. The van der Waals surface area contributed by atoms with Crippen molar-refractivity contribution >= 4 is 28.2 Å². The molecule has 1 aliphatic rings. The second-order valence-electron chi connectivity index (χ2n) is 6.29. The van der Waals surface area contributed by atoms with Crippen LogP contribution in [0.3, 0.4) is 0 Å². The van der Waals surface area contributed by atoms with E-state index < -0.39 is 0 Å². The van der Waals surface area contributed by atoms with E-state index in [-0.39, 0.29) is 11.7 Å². The van der Waals surface area contributed by atoms with Crippen molar-refractivity contribution < 1.29 is 19.1 Å². The van der Waals surface area contributed by atoms with Crippen LogP contribution in [-0.2, 0) is 0 Å². The van der Waals surface area contributed by atoms with Gasteiger partial charge in [-0.3, -0.25) is 14.9 Å². The number of benzene rings is 2. The number of carbonyl (C=O) groups excluding carboxylic acids is 2. The fourth-order valence-electron chi connectivity index (χ4n) is 2.88. The molecule has 0 bridgehead atoms. The van der Waals surface area contributed by atoms with E-state index in [4.69, 9.17) is 9.47 Å². The Morgan fingerprint density at radius 2 is 1.79 bits per heavy atom. The van der Waals surface area contributed by atoms with Crippen LogP contribution in [0.5, 0.6) is 11.5 Å². The highest BCUT2D eigenvalue weighted by molar-refractivity contribution is 7.18. The highest BCUT2D eigenvalue weighted by Gasteiger charge is 2.19. The number of thiazole rings is 1. The molecule has 28 heavy (non-hydrogen) atoms. The van der Waals surface area contributed by atoms with Gasteiger partial charge in [-0.05, 0) is 18.2 Å². The second-order valence-corrected chi connectivity index (χ2v) is 7.28. The van der Waals surface area contributed by atoms with Crippen molar-refractivity contribution in [3.05, 3.63) is 59.0 Å². The van der Waals surface area contributed by atoms with Gasteiger partial charge in [0.2, 0.25) is 0 Å². The van der Waals surface area contributed by atoms with Crippen molar-refractivity contribution in [2.24, 2.45) is 0 Å². The summed E-state index contributed by atoms with van der Waals surface area (Å²) in [6, 6.07) is 14.5. The lowest BCUT2D eigenvalue weighted by molar-refractivity contribution is 0.101. The highest BCUT2D eigenvalue weighted by atomic mass is 32.1. The summed E-state index contributed by atoms with van der Waals surface area (Å²) in [5, 5.41) is 3.16. The zero-order valence-electron chi connectivity index (χ0n) is 15.2. The third-order valence-corrected chi connectivity index (χ3v) is 5.30. The Bertz CT molecular complexity index is 1030. The van der Waals surface area contributed by atoms with E-state index in [9.17, 15) is 9.59 Å². The summed E-state index contributed by atoms with van der Waals surface area (Å²) in [7, 11) is 0. The van der Waals surface area contributed by atoms with Crippen LogP contribution in [0.2, 0.25) is 0 Å². The Morgan fingerprint density at radius 1 is 1.04 bits per heavy atom. The van der Waals surface area contributed by atoms with E-state index in [0.29, 0.717) is 46.0 Å². The predicted octanol–water partition coefficient (Wildman–Crippen LogP) is 4.43. The fourth-order valence-corrected chi connectivity index (χ4v) is 3.76. The molecule has 1 N–H and O–H groups in total. The number of hydrogen-bond acceptors (Lipinski definition) is 6. The molecular weight excluding hydrogens is 376 g/mol. The van der Waals surface area contributed by atoms with Crippen LogP contribution in [0.15, 0.2) is 48.5 Å². The number of carbonyl (C=O) groups is 2. The van der Waals surface area contributed by atoms with Crippen LogP contribution in [0.4, 0.5) is 5.13 Å². The van der Waals surface area contributed by atoms with Gasteiger partial charge >= 0.3 is 0 Å². The predicted molar refractivity (Wildman–Crippen MR) is 108 cm³/mol. The lowest BCUT2D eigenvalue weighted by Crippen LogP contribution is -2.12. The van der Waals surface area contributed by atoms with Gasteiger partial charge in [-0.15, -0.1) is 0 Å². The summed E-state index contributed by atoms with van der Waals surface area (Å²) in [5.74, 6) is 0.777. The first kappa shape index (κ1) is 18.2. The lowest BCUT2D eigenvalue weighted by atomic mass is 10.1. The standard InChI is InChI=1S/C21H18N2O4S/c1-13(24)19-18(14-6-3-2-4-7-14)22-21(28-19)23-20(25)15-8-9-16-17(12-15)27-11-5-10-26-16/h2-4,6-9,12H,5,10-11H2,1H3,(H,22,23,25). The monoisotopic (exact) mass is 394 g/mol. The molecular formula is C21H18N2O4S. The first-order chi connectivity index (χ1) is 13.6. The third kappa shape index (κ3) is 3.75. The summed E-state index contributed by atoms with van der Waals surface area (Å²) in [5.41, 5.74) is 1.84. The molecule has 3 aromatic rings. The number of Topliss-reactive ketones (excluding diaryl/α,β-unsaturated/α-hetero) is 1. The quantitative estimate of drug-likeness (QED) is 0.663. The molecule has 6 nitrogen and oxygen atoms in total. The number of rotatable bonds is 4. The maximum atomic E-state index is 12.7. The SMILES string of the molecule is CC(=O)c1sc(NC(=O)c2ccc3c(c2)OCCCO3)nc1-c1ccccc1. The number of ether oxygens (including phenoxy) is 2. The molecule has 0 saturated carbocycles. The molecule has 1 amide bonds. The van der Waals surface area contributed by atoms with Crippen molar-refractivity contribution in [1.82, 2.24) is 4.98 Å². The first-order valence-corrected chi connectivity index (χ1v) is 9.71. The number of anilines is 1. The van der Waals surface area contributed by atoms with Gasteiger partial charge in [0, 0.05) is 24.5 Å². The Balaban J connectivity index is 1.60. The lowest BCUT2D eigenvalue weighted by Gasteiger charge is -2.09. The molecule has 0 unspecified atom stereocenters. The molecule has 7 heteroatoms. The van der Waals surface area contributed by atoms with Gasteiger partial charge < -0.3 is 9.47 Å². The molecule has 1 aromatic heterocycles. The van der Waals surface area contributed by atoms with Gasteiger partial charge in [-0.25, -0.2) is 4.98 Å². The van der Waals surface area contributed by atoms with Crippen LogP contribution in [-0.4, -0.2) is 29.9 Å². The molecule has 0 radical (unpaired) electrons. The maximum Gasteiger partial charge on any atom is 0.257 e. The topological polar surface area (TPSA) is 77.5 Å². The van der Waals surface area contributed by atoms with Crippen LogP contribution in [0.25, 0.3) is 11.3 Å². The highest BCUT2D eigenvalue weighted by Crippen LogP contribution is 2.33. The van der Waals surface area contributed by atoms with E-state index in [2.05, 4.69) is 10.3 Å². The first-order valence-electron chi connectivity index (χ1n) is 8.90. The van der Waals surface area contributed by atoms with Gasteiger partial charge in [-0.1, -0.05) is 41.7 Å². The van der Waals surface area contributed by atoms with Crippen molar-refractivity contribution in [2.75, 3.05) is 18.5 Å². The van der Waals surface area contributed by atoms with Gasteiger partial charge in [-0.2, -0.15) is 0 Å². The van der Waals surface area contributed by atoms with Crippen LogP contribution in [0.1, 0.15) is 33.4 Å².